The summed E-state index contributed by atoms with van der Waals surface area (Å²) in [5.74, 6) is -2.04. The molecule has 3 rings (SSSR count). The number of carbonyl (C=O) groups is 3. The predicted molar refractivity (Wildman–Crippen MR) is 123 cm³/mol. The van der Waals surface area contributed by atoms with Gasteiger partial charge < -0.3 is 31.4 Å². The van der Waals surface area contributed by atoms with Crippen molar-refractivity contribution in [2.75, 3.05) is 0 Å². The van der Waals surface area contributed by atoms with Crippen molar-refractivity contribution < 1.29 is 19.5 Å². The van der Waals surface area contributed by atoms with Crippen LogP contribution in [0.5, 0.6) is 0 Å². The summed E-state index contributed by atoms with van der Waals surface area (Å²) in [7, 11) is 0. The highest BCUT2D eigenvalue weighted by Crippen LogP contribution is 2.19. The highest BCUT2D eigenvalue weighted by molar-refractivity contribution is 5.92. The summed E-state index contributed by atoms with van der Waals surface area (Å²) < 4.78 is 0. The normalized spacial score (nSPS) is 14.1. The molecule has 2 heterocycles. The summed E-state index contributed by atoms with van der Waals surface area (Å²) in [6, 6.07) is 4.56. The lowest BCUT2D eigenvalue weighted by atomic mass is 10.0. The van der Waals surface area contributed by atoms with Gasteiger partial charge >= 0.3 is 5.97 Å². The summed E-state index contributed by atoms with van der Waals surface area (Å²) in [5.41, 5.74) is 8.24. The van der Waals surface area contributed by atoms with E-state index in [-0.39, 0.29) is 18.8 Å². The molecular weight excluding hydrogens is 424 g/mol. The number of nitrogens with one attached hydrogen (secondary N) is 4. The zero-order valence-electron chi connectivity index (χ0n) is 18.7. The van der Waals surface area contributed by atoms with Crippen LogP contribution in [0, 0.1) is 5.92 Å². The molecule has 7 N–H and O–H groups in total. The molecule has 3 aromatic rings. The van der Waals surface area contributed by atoms with Crippen LogP contribution in [0.25, 0.3) is 10.9 Å². The minimum Gasteiger partial charge on any atom is -0.480 e. The van der Waals surface area contributed by atoms with E-state index < -0.39 is 35.9 Å². The number of carboxylic acids is 1. The van der Waals surface area contributed by atoms with E-state index in [2.05, 4.69) is 25.6 Å². The first-order valence-electron chi connectivity index (χ1n) is 10.9. The number of imidazole rings is 1. The fourth-order valence-corrected chi connectivity index (χ4v) is 3.71. The smallest absolute Gasteiger partial charge is 0.326 e. The summed E-state index contributed by atoms with van der Waals surface area (Å²) in [4.78, 5) is 47.5. The van der Waals surface area contributed by atoms with E-state index in [0.29, 0.717) is 12.1 Å². The molecule has 0 spiro atoms. The molecule has 33 heavy (non-hydrogen) atoms. The quantitative estimate of drug-likeness (QED) is 0.254. The number of nitrogens with zero attached hydrogens (tertiary/aromatic N) is 1. The van der Waals surface area contributed by atoms with Crippen LogP contribution in [0.3, 0.4) is 0 Å². The van der Waals surface area contributed by atoms with Crippen molar-refractivity contribution in [2.24, 2.45) is 11.7 Å². The van der Waals surface area contributed by atoms with E-state index in [1.165, 1.54) is 6.33 Å². The van der Waals surface area contributed by atoms with Crippen molar-refractivity contribution in [3.63, 3.8) is 0 Å². The average molecular weight is 455 g/mol. The Morgan fingerprint density at radius 1 is 1.06 bits per heavy atom. The van der Waals surface area contributed by atoms with E-state index >= 15 is 0 Å². The van der Waals surface area contributed by atoms with E-state index in [1.807, 2.05) is 38.1 Å². The Morgan fingerprint density at radius 3 is 2.45 bits per heavy atom. The number of aromatic amines is 2. The van der Waals surface area contributed by atoms with Crippen LogP contribution in [0.15, 0.2) is 43.0 Å². The van der Waals surface area contributed by atoms with E-state index in [0.717, 1.165) is 16.5 Å². The second-order valence-electron chi connectivity index (χ2n) is 8.54. The number of aliphatic carboxylic acids is 1. The fraction of sp³-hybridized carbons (Fsp3) is 0.391. The van der Waals surface area contributed by atoms with Gasteiger partial charge in [-0.3, -0.25) is 9.59 Å². The number of carboxylic acid groups (broad SMARTS) is 1. The third-order valence-corrected chi connectivity index (χ3v) is 5.39. The molecule has 0 radical (unpaired) electrons. The summed E-state index contributed by atoms with van der Waals surface area (Å²) in [5, 5.41) is 15.9. The zero-order chi connectivity index (χ0) is 24.0. The Morgan fingerprint density at radius 2 is 1.79 bits per heavy atom. The van der Waals surface area contributed by atoms with Gasteiger partial charge in [0.05, 0.1) is 12.4 Å². The molecule has 10 nitrogen and oxygen atoms in total. The van der Waals surface area contributed by atoms with Gasteiger partial charge in [-0.2, -0.15) is 0 Å². The Bertz CT molecular complexity index is 1090. The minimum atomic E-state index is -1.18. The number of carbonyl (C=O) groups excluding carboxylic acids is 2. The van der Waals surface area contributed by atoms with Gasteiger partial charge in [-0.25, -0.2) is 9.78 Å². The standard InChI is InChI=1S/C23H30N6O4/c1-13(2)7-17(24)21(30)28-19(9-15-11-25-12-27-15)22(31)29-20(23(32)33)8-14-10-26-18-6-4-3-5-16(14)18/h3-6,10-13,17,19-20,26H,7-9,24H2,1-2H3,(H,25,27)(H,28,30)(H,29,31)(H,32,33). The Hall–Kier alpha value is -3.66. The van der Waals surface area contributed by atoms with Crippen molar-refractivity contribution in [3.8, 4) is 0 Å². The van der Waals surface area contributed by atoms with Gasteiger partial charge in [0.1, 0.15) is 12.1 Å². The van der Waals surface area contributed by atoms with Crippen LogP contribution in [0.1, 0.15) is 31.5 Å². The van der Waals surface area contributed by atoms with Gasteiger partial charge in [0.2, 0.25) is 11.8 Å². The number of hydrogen-bond donors (Lipinski definition) is 6. The van der Waals surface area contributed by atoms with Crippen LogP contribution < -0.4 is 16.4 Å². The second-order valence-corrected chi connectivity index (χ2v) is 8.54. The van der Waals surface area contributed by atoms with Gasteiger partial charge in [-0.15, -0.1) is 0 Å². The Balaban J connectivity index is 1.75. The lowest BCUT2D eigenvalue weighted by Gasteiger charge is -2.23. The molecule has 0 fully saturated rings. The summed E-state index contributed by atoms with van der Waals surface area (Å²) in [6.45, 7) is 3.90. The van der Waals surface area contributed by atoms with Crippen LogP contribution in [0.4, 0.5) is 0 Å². The molecule has 0 saturated carbocycles. The molecule has 2 aromatic heterocycles. The average Bonchev–Trinajstić information content (AvgIpc) is 3.42. The van der Waals surface area contributed by atoms with Crippen LogP contribution in [0.2, 0.25) is 0 Å². The van der Waals surface area contributed by atoms with Gasteiger partial charge in [-0.1, -0.05) is 32.0 Å². The minimum absolute atomic E-state index is 0.0860. The largest absolute Gasteiger partial charge is 0.480 e. The monoisotopic (exact) mass is 454 g/mol. The van der Waals surface area contributed by atoms with Gasteiger partial charge in [-0.05, 0) is 24.0 Å². The van der Waals surface area contributed by atoms with E-state index in [1.54, 1.807) is 12.4 Å². The highest BCUT2D eigenvalue weighted by atomic mass is 16.4. The van der Waals surface area contributed by atoms with Crippen LogP contribution >= 0.6 is 0 Å². The third-order valence-electron chi connectivity index (χ3n) is 5.39. The lowest BCUT2D eigenvalue weighted by Crippen LogP contribution is -2.55. The number of para-hydroxylation sites is 1. The molecule has 3 atom stereocenters. The molecule has 2 amide bonds. The van der Waals surface area contributed by atoms with E-state index in [9.17, 15) is 19.5 Å². The number of aromatic nitrogens is 3. The van der Waals surface area contributed by atoms with E-state index in [4.69, 9.17) is 5.73 Å². The molecular formula is C23H30N6O4. The predicted octanol–water partition coefficient (Wildman–Crippen LogP) is 1.10. The Kier molecular flexibility index (Phi) is 7.83. The molecule has 0 aliphatic rings. The molecule has 1 aromatic carbocycles. The molecule has 10 heteroatoms. The maximum atomic E-state index is 13.1. The summed E-state index contributed by atoms with van der Waals surface area (Å²) in [6.07, 6.45) is 5.41. The van der Waals surface area contributed by atoms with Gasteiger partial charge in [0.25, 0.3) is 0 Å². The fourth-order valence-electron chi connectivity index (χ4n) is 3.71. The summed E-state index contributed by atoms with van der Waals surface area (Å²) >= 11 is 0. The maximum Gasteiger partial charge on any atom is 0.326 e. The second kappa shape index (κ2) is 10.8. The first-order valence-corrected chi connectivity index (χ1v) is 10.9. The number of amides is 2. The zero-order valence-corrected chi connectivity index (χ0v) is 18.7. The third kappa shape index (κ3) is 6.42. The number of hydrogen-bond acceptors (Lipinski definition) is 5. The maximum absolute atomic E-state index is 13.1. The Labute approximate surface area is 191 Å². The number of nitrogens with two attached hydrogens (primary N) is 1. The van der Waals surface area contributed by atoms with Crippen LogP contribution in [-0.4, -0.2) is 56.0 Å². The van der Waals surface area contributed by atoms with Crippen molar-refractivity contribution in [2.45, 2.75) is 51.2 Å². The van der Waals surface area contributed by atoms with Crippen LogP contribution in [-0.2, 0) is 27.2 Å². The molecule has 0 saturated heterocycles. The molecule has 3 unspecified atom stereocenters. The highest BCUT2D eigenvalue weighted by Gasteiger charge is 2.29. The number of H-pyrrole nitrogens is 2. The van der Waals surface area contributed by atoms with Crippen molar-refractivity contribution in [1.82, 2.24) is 25.6 Å². The number of benzene rings is 1. The molecule has 0 aliphatic heterocycles. The first-order chi connectivity index (χ1) is 15.7. The van der Waals surface area contributed by atoms with Crippen molar-refractivity contribution in [1.29, 1.82) is 0 Å². The number of fused-ring (bicyclic) bond motifs is 1. The van der Waals surface area contributed by atoms with Crippen molar-refractivity contribution in [3.05, 3.63) is 54.2 Å². The van der Waals surface area contributed by atoms with Gasteiger partial charge in [0.15, 0.2) is 0 Å². The number of rotatable bonds is 11. The lowest BCUT2D eigenvalue weighted by molar-refractivity contribution is -0.142. The topological polar surface area (TPSA) is 166 Å². The SMILES string of the molecule is CC(C)CC(N)C(=O)NC(Cc1cnc[nH]1)C(=O)NC(Cc1c[nH]c2ccccc12)C(=O)O. The molecule has 176 valence electrons. The molecule has 0 aliphatic carbocycles. The van der Waals surface area contributed by atoms with Gasteiger partial charge in [0, 0.05) is 41.8 Å². The molecule has 0 bridgehead atoms. The first kappa shape index (κ1) is 24.0. The van der Waals surface area contributed by atoms with Crippen molar-refractivity contribution >= 4 is 28.7 Å².